The van der Waals surface area contributed by atoms with Gasteiger partial charge in [-0.25, -0.2) is 0 Å². The number of para-hydroxylation sites is 1. The normalized spacial score (nSPS) is 20.5. The van der Waals surface area contributed by atoms with Gasteiger partial charge in [-0.15, -0.1) is 11.6 Å². The first-order chi connectivity index (χ1) is 8.90. The summed E-state index contributed by atoms with van der Waals surface area (Å²) in [5, 5.41) is 5.37. The minimum Gasteiger partial charge on any atom is -0.354 e. The number of nitrogens with zero attached hydrogens (tertiary/aromatic N) is 2. The Balaban J connectivity index is 1.96. The largest absolute Gasteiger partial charge is 0.354 e. The Kier molecular flexibility index (Phi) is 3.41. The van der Waals surface area contributed by atoms with E-state index < -0.39 is 0 Å². The second-order valence-electron chi connectivity index (χ2n) is 4.82. The summed E-state index contributed by atoms with van der Waals surface area (Å²) < 4.78 is 5.40. The summed E-state index contributed by atoms with van der Waals surface area (Å²) in [7, 11) is 0. The minimum atomic E-state index is 0.504. The predicted octanol–water partition coefficient (Wildman–Crippen LogP) is 3.82. The first kappa shape index (κ1) is 11.8. The summed E-state index contributed by atoms with van der Waals surface area (Å²) in [6, 6.07) is 8.55. The van der Waals surface area contributed by atoms with Crippen molar-refractivity contribution in [1.29, 1.82) is 0 Å². The second-order valence-corrected chi connectivity index (χ2v) is 5.20. The van der Waals surface area contributed by atoms with Crippen molar-refractivity contribution in [2.24, 2.45) is 0 Å². The zero-order valence-electron chi connectivity index (χ0n) is 10.3. The van der Waals surface area contributed by atoms with Gasteiger partial charge in [-0.2, -0.15) is 0 Å². The molecule has 0 bridgehead atoms. The topological polar surface area (TPSA) is 29.3 Å². The summed E-state index contributed by atoms with van der Waals surface area (Å²) in [4.78, 5) is 2.37. The molecule has 2 aromatic rings. The zero-order chi connectivity index (χ0) is 12.4. The molecular weight excluding hydrogens is 248 g/mol. The highest BCUT2D eigenvalue weighted by atomic mass is 35.5. The lowest BCUT2D eigenvalue weighted by Crippen LogP contribution is -2.40. The number of alkyl halides is 1. The van der Waals surface area contributed by atoms with Crippen LogP contribution in [0, 0.1) is 0 Å². The molecular formula is C14H17ClN2O. The SMILES string of the molecule is ClCCC1CCCCN1c1noc2ccccc12. The van der Waals surface area contributed by atoms with Crippen LogP contribution in [0.25, 0.3) is 11.0 Å². The molecule has 2 heterocycles. The fraction of sp³-hybridized carbons (Fsp3) is 0.500. The van der Waals surface area contributed by atoms with Crippen molar-refractivity contribution in [2.75, 3.05) is 17.3 Å². The van der Waals surface area contributed by atoms with Gasteiger partial charge in [0.25, 0.3) is 0 Å². The molecule has 0 saturated carbocycles. The van der Waals surface area contributed by atoms with Crippen LogP contribution in [0.5, 0.6) is 0 Å². The van der Waals surface area contributed by atoms with E-state index in [-0.39, 0.29) is 0 Å². The first-order valence-corrected chi connectivity index (χ1v) is 7.10. The van der Waals surface area contributed by atoms with Crippen molar-refractivity contribution in [3.05, 3.63) is 24.3 Å². The molecule has 0 amide bonds. The van der Waals surface area contributed by atoms with Crippen molar-refractivity contribution < 1.29 is 4.52 Å². The van der Waals surface area contributed by atoms with Crippen LogP contribution in [-0.2, 0) is 0 Å². The van der Waals surface area contributed by atoms with Crippen LogP contribution >= 0.6 is 11.6 Å². The third kappa shape index (κ3) is 2.07. The number of halogens is 1. The highest BCUT2D eigenvalue weighted by Crippen LogP contribution is 2.31. The molecule has 1 unspecified atom stereocenters. The van der Waals surface area contributed by atoms with E-state index in [0.717, 1.165) is 29.8 Å². The van der Waals surface area contributed by atoms with Crippen LogP contribution in [-0.4, -0.2) is 23.6 Å². The van der Waals surface area contributed by atoms with Crippen LogP contribution in [0.2, 0.25) is 0 Å². The van der Waals surface area contributed by atoms with E-state index in [4.69, 9.17) is 16.1 Å². The van der Waals surface area contributed by atoms with Crippen molar-refractivity contribution in [1.82, 2.24) is 5.16 Å². The number of anilines is 1. The van der Waals surface area contributed by atoms with E-state index in [2.05, 4.69) is 16.1 Å². The van der Waals surface area contributed by atoms with E-state index >= 15 is 0 Å². The number of hydrogen-bond donors (Lipinski definition) is 0. The van der Waals surface area contributed by atoms with Gasteiger partial charge in [0, 0.05) is 18.5 Å². The molecule has 0 aliphatic carbocycles. The van der Waals surface area contributed by atoms with Crippen molar-refractivity contribution >= 4 is 28.4 Å². The average molecular weight is 265 g/mol. The lowest BCUT2D eigenvalue weighted by Gasteiger charge is -2.35. The summed E-state index contributed by atoms with van der Waals surface area (Å²) >= 11 is 5.91. The summed E-state index contributed by atoms with van der Waals surface area (Å²) in [5.74, 6) is 1.69. The maximum absolute atomic E-state index is 5.91. The third-order valence-electron chi connectivity index (χ3n) is 3.70. The predicted molar refractivity (Wildman–Crippen MR) is 74.3 cm³/mol. The Morgan fingerprint density at radius 2 is 2.22 bits per heavy atom. The Bertz CT molecular complexity index is 523. The molecule has 1 aliphatic rings. The van der Waals surface area contributed by atoms with Gasteiger partial charge < -0.3 is 9.42 Å². The van der Waals surface area contributed by atoms with Crippen LogP contribution in [0.15, 0.2) is 28.8 Å². The van der Waals surface area contributed by atoms with Gasteiger partial charge in [0.2, 0.25) is 0 Å². The summed E-state index contributed by atoms with van der Waals surface area (Å²) in [6.07, 6.45) is 4.73. The van der Waals surface area contributed by atoms with Gasteiger partial charge in [0.05, 0.1) is 5.39 Å². The number of benzene rings is 1. The Morgan fingerprint density at radius 1 is 1.33 bits per heavy atom. The fourth-order valence-corrected chi connectivity index (χ4v) is 3.04. The van der Waals surface area contributed by atoms with Gasteiger partial charge in [0.1, 0.15) is 0 Å². The maximum atomic E-state index is 5.91. The van der Waals surface area contributed by atoms with Crippen LogP contribution in [0.4, 0.5) is 5.82 Å². The molecule has 1 atom stereocenters. The van der Waals surface area contributed by atoms with Gasteiger partial charge in [-0.3, -0.25) is 0 Å². The quantitative estimate of drug-likeness (QED) is 0.790. The van der Waals surface area contributed by atoms with Gasteiger partial charge >= 0.3 is 0 Å². The molecule has 3 nitrogen and oxygen atoms in total. The molecule has 1 aliphatic heterocycles. The standard InChI is InChI=1S/C14H17ClN2O/c15-9-8-11-5-3-4-10-17(11)14-12-6-1-2-7-13(12)18-16-14/h1-2,6-7,11H,3-5,8-10H2. The molecule has 3 rings (SSSR count). The average Bonchev–Trinajstić information content (AvgIpc) is 2.84. The first-order valence-electron chi connectivity index (χ1n) is 6.57. The molecule has 96 valence electrons. The van der Waals surface area contributed by atoms with Crippen molar-refractivity contribution in [3.8, 4) is 0 Å². The maximum Gasteiger partial charge on any atom is 0.180 e. The number of hydrogen-bond acceptors (Lipinski definition) is 3. The molecule has 1 aromatic heterocycles. The second kappa shape index (κ2) is 5.19. The molecule has 0 N–H and O–H groups in total. The third-order valence-corrected chi connectivity index (χ3v) is 3.92. The van der Waals surface area contributed by atoms with Crippen LogP contribution < -0.4 is 4.90 Å². The lowest BCUT2D eigenvalue weighted by molar-refractivity contribution is 0.419. The van der Waals surface area contributed by atoms with Gasteiger partial charge in [-0.1, -0.05) is 17.3 Å². The Hall–Kier alpha value is -1.22. The van der Waals surface area contributed by atoms with E-state index in [0.29, 0.717) is 11.9 Å². The van der Waals surface area contributed by atoms with Crippen molar-refractivity contribution in [3.63, 3.8) is 0 Å². The highest BCUT2D eigenvalue weighted by molar-refractivity contribution is 6.17. The van der Waals surface area contributed by atoms with E-state index in [1.54, 1.807) is 0 Å². The monoisotopic (exact) mass is 264 g/mol. The molecule has 18 heavy (non-hydrogen) atoms. The molecule has 1 aromatic carbocycles. The van der Waals surface area contributed by atoms with Crippen LogP contribution in [0.3, 0.4) is 0 Å². The molecule has 4 heteroatoms. The molecule has 0 spiro atoms. The number of piperidine rings is 1. The fourth-order valence-electron chi connectivity index (χ4n) is 2.79. The molecule has 1 fully saturated rings. The summed E-state index contributed by atoms with van der Waals surface area (Å²) in [5.41, 5.74) is 0.864. The Labute approximate surface area is 112 Å². The van der Waals surface area contributed by atoms with E-state index in [1.165, 1.54) is 19.3 Å². The minimum absolute atomic E-state index is 0.504. The van der Waals surface area contributed by atoms with Crippen molar-refractivity contribution in [2.45, 2.75) is 31.7 Å². The molecule has 1 saturated heterocycles. The van der Waals surface area contributed by atoms with Crippen LogP contribution in [0.1, 0.15) is 25.7 Å². The number of aromatic nitrogens is 1. The van der Waals surface area contributed by atoms with Gasteiger partial charge in [0.15, 0.2) is 11.4 Å². The number of fused-ring (bicyclic) bond motifs is 1. The smallest absolute Gasteiger partial charge is 0.180 e. The van der Waals surface area contributed by atoms with Gasteiger partial charge in [-0.05, 0) is 37.8 Å². The summed E-state index contributed by atoms with van der Waals surface area (Å²) in [6.45, 7) is 1.05. The van der Waals surface area contributed by atoms with E-state index in [1.807, 2.05) is 18.2 Å². The lowest BCUT2D eigenvalue weighted by atomic mass is 9.99. The van der Waals surface area contributed by atoms with E-state index in [9.17, 15) is 0 Å². The number of rotatable bonds is 3. The highest BCUT2D eigenvalue weighted by Gasteiger charge is 2.25. The Morgan fingerprint density at radius 3 is 3.11 bits per heavy atom. The molecule has 0 radical (unpaired) electrons. The zero-order valence-corrected chi connectivity index (χ0v) is 11.1.